The Bertz CT molecular complexity index is 517. The normalized spacial score (nSPS) is 11.1. The van der Waals surface area contributed by atoms with Crippen LogP contribution in [-0.2, 0) is 0 Å². The quantitative estimate of drug-likeness (QED) is 0.792. The number of hydrogen-bond acceptors (Lipinski definition) is 2. The zero-order valence-corrected chi connectivity index (χ0v) is 11.0. The lowest BCUT2D eigenvalue weighted by Crippen LogP contribution is -1.99. The molecule has 2 rings (SSSR count). The number of aromatic hydroxyl groups is 1. The van der Waals surface area contributed by atoms with Crippen molar-refractivity contribution in [1.82, 2.24) is 0 Å². The third kappa shape index (κ3) is 3.16. The van der Waals surface area contributed by atoms with Crippen molar-refractivity contribution in [2.24, 2.45) is 5.92 Å². The van der Waals surface area contributed by atoms with Crippen LogP contribution in [0.5, 0.6) is 11.5 Å². The van der Waals surface area contributed by atoms with Crippen molar-refractivity contribution in [3.05, 3.63) is 36.4 Å². The van der Waals surface area contributed by atoms with E-state index in [2.05, 4.69) is 13.8 Å². The van der Waals surface area contributed by atoms with Gasteiger partial charge in [0.05, 0.1) is 6.61 Å². The van der Waals surface area contributed by atoms with E-state index in [0.29, 0.717) is 18.3 Å². The molecular formula is C16H20O2. The Hall–Kier alpha value is -1.70. The van der Waals surface area contributed by atoms with Gasteiger partial charge in [0.25, 0.3) is 0 Å². The lowest BCUT2D eigenvalue weighted by molar-refractivity contribution is 0.284. The first-order chi connectivity index (χ1) is 8.66. The minimum atomic E-state index is 0.221. The Morgan fingerprint density at radius 3 is 2.44 bits per heavy atom. The predicted molar refractivity (Wildman–Crippen MR) is 75.2 cm³/mol. The molecular weight excluding hydrogens is 224 g/mol. The summed E-state index contributed by atoms with van der Waals surface area (Å²) in [4.78, 5) is 0. The summed E-state index contributed by atoms with van der Waals surface area (Å²) in [6.07, 6.45) is 2.16. The number of rotatable bonds is 5. The van der Waals surface area contributed by atoms with Gasteiger partial charge in [-0.3, -0.25) is 0 Å². The third-order valence-electron chi connectivity index (χ3n) is 3.01. The molecule has 0 saturated heterocycles. The van der Waals surface area contributed by atoms with Crippen LogP contribution in [-0.4, -0.2) is 11.7 Å². The van der Waals surface area contributed by atoms with Gasteiger partial charge in [0.15, 0.2) is 11.5 Å². The standard InChI is InChI=1S/C16H20O2/c1-12(2)6-5-9-18-16-11-14-8-4-3-7-13(14)10-15(16)17/h3-4,7-8,10-12,17H,5-6,9H2,1-2H3. The fraction of sp³-hybridized carbons (Fsp3) is 0.375. The van der Waals surface area contributed by atoms with Crippen LogP contribution >= 0.6 is 0 Å². The monoisotopic (exact) mass is 244 g/mol. The highest BCUT2D eigenvalue weighted by Gasteiger charge is 2.05. The molecule has 0 bridgehead atoms. The van der Waals surface area contributed by atoms with Gasteiger partial charge < -0.3 is 9.84 Å². The van der Waals surface area contributed by atoms with Crippen LogP contribution in [0.3, 0.4) is 0 Å². The fourth-order valence-electron chi connectivity index (χ4n) is 2.00. The van der Waals surface area contributed by atoms with E-state index in [4.69, 9.17) is 4.74 Å². The maximum atomic E-state index is 9.89. The van der Waals surface area contributed by atoms with Gasteiger partial charge in [-0.2, -0.15) is 0 Å². The summed E-state index contributed by atoms with van der Waals surface area (Å²) >= 11 is 0. The van der Waals surface area contributed by atoms with Gasteiger partial charge in [-0.05, 0) is 41.7 Å². The van der Waals surface area contributed by atoms with Crippen LogP contribution in [0.1, 0.15) is 26.7 Å². The summed E-state index contributed by atoms with van der Waals surface area (Å²) in [7, 11) is 0. The van der Waals surface area contributed by atoms with E-state index in [-0.39, 0.29) is 5.75 Å². The summed E-state index contributed by atoms with van der Waals surface area (Å²) in [6.45, 7) is 5.06. The molecule has 96 valence electrons. The van der Waals surface area contributed by atoms with Crippen LogP contribution in [0, 0.1) is 5.92 Å². The molecule has 0 spiro atoms. The van der Waals surface area contributed by atoms with Crippen LogP contribution in [0.4, 0.5) is 0 Å². The summed E-state index contributed by atoms with van der Waals surface area (Å²) < 4.78 is 5.65. The maximum absolute atomic E-state index is 9.89. The fourth-order valence-corrected chi connectivity index (χ4v) is 2.00. The molecule has 18 heavy (non-hydrogen) atoms. The van der Waals surface area contributed by atoms with E-state index in [0.717, 1.165) is 23.6 Å². The SMILES string of the molecule is CC(C)CCCOc1cc2ccccc2cc1O. The Morgan fingerprint density at radius 2 is 1.78 bits per heavy atom. The molecule has 0 amide bonds. The van der Waals surface area contributed by atoms with Gasteiger partial charge >= 0.3 is 0 Å². The second kappa shape index (κ2) is 5.76. The number of ether oxygens (including phenoxy) is 1. The number of benzene rings is 2. The van der Waals surface area contributed by atoms with E-state index in [1.165, 1.54) is 0 Å². The zero-order chi connectivity index (χ0) is 13.0. The Morgan fingerprint density at radius 1 is 1.11 bits per heavy atom. The topological polar surface area (TPSA) is 29.5 Å². The van der Waals surface area contributed by atoms with E-state index in [9.17, 15) is 5.11 Å². The lowest BCUT2D eigenvalue weighted by Gasteiger charge is -2.10. The van der Waals surface area contributed by atoms with Crippen molar-refractivity contribution >= 4 is 10.8 Å². The molecule has 1 N–H and O–H groups in total. The molecule has 0 fully saturated rings. The second-order valence-electron chi connectivity index (χ2n) is 5.05. The van der Waals surface area contributed by atoms with Gasteiger partial charge in [-0.25, -0.2) is 0 Å². The number of phenolic OH excluding ortho intramolecular Hbond substituents is 1. The summed E-state index contributed by atoms with van der Waals surface area (Å²) in [5.41, 5.74) is 0. The largest absolute Gasteiger partial charge is 0.504 e. The third-order valence-corrected chi connectivity index (χ3v) is 3.01. The number of phenols is 1. The minimum absolute atomic E-state index is 0.221. The average molecular weight is 244 g/mol. The van der Waals surface area contributed by atoms with E-state index >= 15 is 0 Å². The van der Waals surface area contributed by atoms with Gasteiger partial charge in [0.1, 0.15) is 0 Å². The molecule has 0 atom stereocenters. The first-order valence-corrected chi connectivity index (χ1v) is 6.51. The molecule has 2 heteroatoms. The Labute approximate surface area is 108 Å². The Balaban J connectivity index is 2.06. The maximum Gasteiger partial charge on any atom is 0.161 e. The van der Waals surface area contributed by atoms with Gasteiger partial charge in [0, 0.05) is 0 Å². The smallest absolute Gasteiger partial charge is 0.161 e. The van der Waals surface area contributed by atoms with Crippen molar-refractivity contribution in [3.8, 4) is 11.5 Å². The summed E-state index contributed by atoms with van der Waals surface area (Å²) in [5.74, 6) is 1.49. The lowest BCUT2D eigenvalue weighted by atomic mass is 10.1. The molecule has 0 unspecified atom stereocenters. The first kappa shape index (κ1) is 12.7. The van der Waals surface area contributed by atoms with Crippen LogP contribution in [0.15, 0.2) is 36.4 Å². The highest BCUT2D eigenvalue weighted by Crippen LogP contribution is 2.31. The van der Waals surface area contributed by atoms with Gasteiger partial charge in [-0.15, -0.1) is 0 Å². The number of hydrogen-bond donors (Lipinski definition) is 1. The zero-order valence-electron chi connectivity index (χ0n) is 11.0. The molecule has 2 nitrogen and oxygen atoms in total. The second-order valence-corrected chi connectivity index (χ2v) is 5.05. The molecule has 0 aliphatic heterocycles. The molecule has 0 heterocycles. The van der Waals surface area contributed by atoms with Gasteiger partial charge in [-0.1, -0.05) is 38.1 Å². The minimum Gasteiger partial charge on any atom is -0.504 e. The number of fused-ring (bicyclic) bond motifs is 1. The van der Waals surface area contributed by atoms with Crippen LogP contribution in [0.2, 0.25) is 0 Å². The van der Waals surface area contributed by atoms with E-state index in [1.54, 1.807) is 6.07 Å². The van der Waals surface area contributed by atoms with Crippen molar-refractivity contribution in [1.29, 1.82) is 0 Å². The molecule has 0 aromatic heterocycles. The molecule has 0 aliphatic rings. The molecule has 2 aromatic carbocycles. The van der Waals surface area contributed by atoms with Crippen molar-refractivity contribution in [3.63, 3.8) is 0 Å². The van der Waals surface area contributed by atoms with Gasteiger partial charge in [0.2, 0.25) is 0 Å². The van der Waals surface area contributed by atoms with E-state index < -0.39 is 0 Å². The van der Waals surface area contributed by atoms with Crippen LogP contribution in [0.25, 0.3) is 10.8 Å². The Kier molecular flexibility index (Phi) is 4.08. The first-order valence-electron chi connectivity index (χ1n) is 6.51. The van der Waals surface area contributed by atoms with Crippen LogP contribution < -0.4 is 4.74 Å². The molecule has 0 saturated carbocycles. The summed E-state index contributed by atoms with van der Waals surface area (Å²) in [5, 5.41) is 12.0. The molecule has 0 radical (unpaired) electrons. The molecule has 2 aromatic rings. The highest BCUT2D eigenvalue weighted by molar-refractivity contribution is 5.85. The van der Waals surface area contributed by atoms with E-state index in [1.807, 2.05) is 30.3 Å². The van der Waals surface area contributed by atoms with Crippen molar-refractivity contribution in [2.45, 2.75) is 26.7 Å². The average Bonchev–Trinajstić information content (AvgIpc) is 2.34. The summed E-state index contributed by atoms with van der Waals surface area (Å²) in [6, 6.07) is 11.6. The highest BCUT2D eigenvalue weighted by atomic mass is 16.5. The molecule has 0 aliphatic carbocycles. The van der Waals surface area contributed by atoms with Crippen molar-refractivity contribution in [2.75, 3.05) is 6.61 Å². The predicted octanol–water partition coefficient (Wildman–Crippen LogP) is 4.36. The van der Waals surface area contributed by atoms with Crippen molar-refractivity contribution < 1.29 is 9.84 Å².